The van der Waals surface area contributed by atoms with Crippen molar-refractivity contribution < 1.29 is 4.79 Å². The normalized spacial score (nSPS) is 12.2. The van der Waals surface area contributed by atoms with E-state index in [1.807, 2.05) is 14.0 Å². The van der Waals surface area contributed by atoms with Gasteiger partial charge in [-0.3, -0.25) is 4.79 Å². The number of likely N-dealkylation sites (N-methyl/N-ethyl adjacent to an activating group) is 1. The Labute approximate surface area is 116 Å². The first-order valence-corrected chi connectivity index (χ1v) is 7.08. The number of rotatable bonds is 7. The fraction of sp³-hybridized carbons (Fsp3) is 0.562. The van der Waals surface area contributed by atoms with Gasteiger partial charge >= 0.3 is 0 Å². The molecule has 3 nitrogen and oxygen atoms in total. The van der Waals surface area contributed by atoms with Gasteiger partial charge in [-0.2, -0.15) is 0 Å². The van der Waals surface area contributed by atoms with Crippen LogP contribution in [0.3, 0.4) is 0 Å². The third-order valence-corrected chi connectivity index (χ3v) is 3.52. The molecule has 1 atom stereocenters. The molecule has 2 N–H and O–H groups in total. The Morgan fingerprint density at radius 3 is 2.37 bits per heavy atom. The predicted octanol–water partition coefficient (Wildman–Crippen LogP) is 2.23. The van der Waals surface area contributed by atoms with Gasteiger partial charge in [0.2, 0.25) is 5.91 Å². The standard InChI is InChI=1S/C16H26N2O/c1-4-14-5-7-15(8-6-14)9-10-18(3)16(19)11-13(2)12-17/h5-8,13H,4,9-12,17H2,1-3H3. The van der Waals surface area contributed by atoms with Crippen LogP contribution in [0.25, 0.3) is 0 Å². The number of hydrogen-bond acceptors (Lipinski definition) is 2. The third-order valence-electron chi connectivity index (χ3n) is 3.52. The van der Waals surface area contributed by atoms with Gasteiger partial charge in [-0.05, 0) is 36.4 Å². The topological polar surface area (TPSA) is 46.3 Å². The quantitative estimate of drug-likeness (QED) is 0.819. The number of carbonyl (C=O) groups is 1. The molecular weight excluding hydrogens is 236 g/mol. The van der Waals surface area contributed by atoms with Crippen molar-refractivity contribution in [3.8, 4) is 0 Å². The molecule has 1 aromatic carbocycles. The molecule has 3 heteroatoms. The molecule has 0 bridgehead atoms. The molecule has 0 fully saturated rings. The fourth-order valence-corrected chi connectivity index (χ4v) is 1.90. The van der Waals surface area contributed by atoms with E-state index in [4.69, 9.17) is 5.73 Å². The zero-order chi connectivity index (χ0) is 14.3. The van der Waals surface area contributed by atoms with Crippen LogP contribution in [0.4, 0.5) is 0 Å². The number of nitrogens with two attached hydrogens (primary N) is 1. The summed E-state index contributed by atoms with van der Waals surface area (Å²) in [6.07, 6.45) is 2.51. The first kappa shape index (κ1) is 15.7. The second-order valence-electron chi connectivity index (χ2n) is 5.28. The molecule has 1 unspecified atom stereocenters. The maximum absolute atomic E-state index is 11.9. The van der Waals surface area contributed by atoms with Crippen molar-refractivity contribution in [1.82, 2.24) is 4.90 Å². The summed E-state index contributed by atoms with van der Waals surface area (Å²) >= 11 is 0. The lowest BCUT2D eigenvalue weighted by molar-refractivity contribution is -0.130. The molecule has 0 aliphatic heterocycles. The highest BCUT2D eigenvalue weighted by atomic mass is 16.2. The minimum Gasteiger partial charge on any atom is -0.345 e. The first-order valence-electron chi connectivity index (χ1n) is 7.08. The summed E-state index contributed by atoms with van der Waals surface area (Å²) in [6.45, 7) is 5.49. The highest BCUT2D eigenvalue weighted by molar-refractivity contribution is 5.76. The smallest absolute Gasteiger partial charge is 0.222 e. The van der Waals surface area contributed by atoms with Crippen LogP contribution in [0.1, 0.15) is 31.4 Å². The molecular formula is C16H26N2O. The molecule has 19 heavy (non-hydrogen) atoms. The monoisotopic (exact) mass is 262 g/mol. The minimum atomic E-state index is 0.183. The molecule has 0 aliphatic rings. The van der Waals surface area contributed by atoms with E-state index >= 15 is 0 Å². The van der Waals surface area contributed by atoms with Gasteiger partial charge in [0.1, 0.15) is 0 Å². The van der Waals surface area contributed by atoms with Crippen LogP contribution in [-0.2, 0) is 17.6 Å². The molecule has 0 aromatic heterocycles. The van der Waals surface area contributed by atoms with Crippen LogP contribution < -0.4 is 5.73 Å². The zero-order valence-electron chi connectivity index (χ0n) is 12.4. The largest absolute Gasteiger partial charge is 0.345 e. The van der Waals surface area contributed by atoms with Gasteiger partial charge in [0.15, 0.2) is 0 Å². The summed E-state index contributed by atoms with van der Waals surface area (Å²) in [5.41, 5.74) is 8.18. The van der Waals surface area contributed by atoms with Crippen molar-refractivity contribution in [2.24, 2.45) is 11.7 Å². The zero-order valence-corrected chi connectivity index (χ0v) is 12.4. The van der Waals surface area contributed by atoms with Crippen LogP contribution in [0, 0.1) is 5.92 Å². The van der Waals surface area contributed by atoms with E-state index in [1.54, 1.807) is 4.90 Å². The highest BCUT2D eigenvalue weighted by Crippen LogP contribution is 2.07. The average molecular weight is 262 g/mol. The second kappa shape index (κ2) is 7.95. The molecule has 1 amide bonds. The number of carbonyl (C=O) groups excluding carboxylic acids is 1. The summed E-state index contributed by atoms with van der Waals surface area (Å²) in [5.74, 6) is 0.446. The van der Waals surface area contributed by atoms with Crippen LogP contribution in [0.2, 0.25) is 0 Å². The molecule has 1 rings (SSSR count). The van der Waals surface area contributed by atoms with Crippen molar-refractivity contribution in [2.45, 2.75) is 33.1 Å². The van der Waals surface area contributed by atoms with Crippen LogP contribution in [0.15, 0.2) is 24.3 Å². The third kappa shape index (κ3) is 5.43. The molecule has 106 valence electrons. The summed E-state index contributed by atoms with van der Waals surface area (Å²) in [5, 5.41) is 0. The molecule has 0 radical (unpaired) electrons. The lowest BCUT2D eigenvalue weighted by Crippen LogP contribution is -2.31. The molecule has 0 saturated carbocycles. The summed E-state index contributed by atoms with van der Waals surface area (Å²) in [7, 11) is 1.87. The summed E-state index contributed by atoms with van der Waals surface area (Å²) in [6, 6.07) is 8.63. The van der Waals surface area contributed by atoms with E-state index in [1.165, 1.54) is 11.1 Å². The number of aryl methyl sites for hydroxylation is 1. The Morgan fingerprint density at radius 2 is 1.84 bits per heavy atom. The molecule has 0 aliphatic carbocycles. The molecule has 1 aromatic rings. The van der Waals surface area contributed by atoms with Gasteiger partial charge < -0.3 is 10.6 Å². The highest BCUT2D eigenvalue weighted by Gasteiger charge is 2.12. The second-order valence-corrected chi connectivity index (χ2v) is 5.28. The Morgan fingerprint density at radius 1 is 1.26 bits per heavy atom. The Balaban J connectivity index is 2.40. The van der Waals surface area contributed by atoms with Crippen molar-refractivity contribution in [2.75, 3.05) is 20.1 Å². The van der Waals surface area contributed by atoms with E-state index in [9.17, 15) is 4.79 Å². The van der Waals surface area contributed by atoms with Crippen molar-refractivity contribution in [1.29, 1.82) is 0 Å². The van der Waals surface area contributed by atoms with Gasteiger partial charge in [-0.1, -0.05) is 38.1 Å². The average Bonchev–Trinajstić information content (AvgIpc) is 2.44. The maximum atomic E-state index is 11.9. The van der Waals surface area contributed by atoms with E-state index in [0.717, 1.165) is 19.4 Å². The molecule has 0 saturated heterocycles. The van der Waals surface area contributed by atoms with Crippen LogP contribution in [0.5, 0.6) is 0 Å². The van der Waals surface area contributed by atoms with Crippen molar-refractivity contribution >= 4 is 5.91 Å². The van der Waals surface area contributed by atoms with Gasteiger partial charge in [0.05, 0.1) is 0 Å². The van der Waals surface area contributed by atoms with Crippen molar-refractivity contribution in [3.63, 3.8) is 0 Å². The Hall–Kier alpha value is -1.35. The lowest BCUT2D eigenvalue weighted by atomic mass is 10.1. The SMILES string of the molecule is CCc1ccc(CCN(C)C(=O)CC(C)CN)cc1. The minimum absolute atomic E-state index is 0.183. The molecule has 0 spiro atoms. The van der Waals surface area contributed by atoms with Crippen molar-refractivity contribution in [3.05, 3.63) is 35.4 Å². The Kier molecular flexibility index (Phi) is 6.57. The fourth-order valence-electron chi connectivity index (χ4n) is 1.90. The number of benzene rings is 1. The van der Waals surface area contributed by atoms with Gasteiger partial charge in [-0.15, -0.1) is 0 Å². The van der Waals surface area contributed by atoms with E-state index < -0.39 is 0 Å². The van der Waals surface area contributed by atoms with Crippen LogP contribution in [-0.4, -0.2) is 30.9 Å². The first-order chi connectivity index (χ1) is 9.06. The van der Waals surface area contributed by atoms with E-state index in [0.29, 0.717) is 13.0 Å². The van der Waals surface area contributed by atoms with E-state index in [2.05, 4.69) is 31.2 Å². The number of hydrogen-bond donors (Lipinski definition) is 1. The Bertz CT molecular complexity index is 386. The van der Waals surface area contributed by atoms with Crippen LogP contribution >= 0.6 is 0 Å². The number of nitrogens with zero attached hydrogens (tertiary/aromatic N) is 1. The van der Waals surface area contributed by atoms with Gasteiger partial charge in [-0.25, -0.2) is 0 Å². The predicted molar refractivity (Wildman–Crippen MR) is 80.0 cm³/mol. The van der Waals surface area contributed by atoms with E-state index in [-0.39, 0.29) is 11.8 Å². The summed E-state index contributed by atoms with van der Waals surface area (Å²) in [4.78, 5) is 13.7. The molecule has 0 heterocycles. The maximum Gasteiger partial charge on any atom is 0.222 e. The summed E-state index contributed by atoms with van der Waals surface area (Å²) < 4.78 is 0. The lowest BCUT2D eigenvalue weighted by Gasteiger charge is -2.19. The van der Waals surface area contributed by atoms with Gasteiger partial charge in [0.25, 0.3) is 0 Å². The number of amides is 1. The van der Waals surface area contributed by atoms with Gasteiger partial charge in [0, 0.05) is 20.0 Å².